The summed E-state index contributed by atoms with van der Waals surface area (Å²) < 4.78 is 0. The van der Waals surface area contributed by atoms with Crippen LogP contribution in [0.4, 0.5) is 0 Å². The number of imide groups is 2. The maximum absolute atomic E-state index is 12.6. The molecular weight excluding hydrogens is 396 g/mol. The lowest BCUT2D eigenvalue weighted by Gasteiger charge is -2.25. The molecule has 0 bridgehead atoms. The van der Waals surface area contributed by atoms with E-state index in [2.05, 4.69) is 0 Å². The van der Waals surface area contributed by atoms with Gasteiger partial charge in [-0.1, -0.05) is 45.9 Å². The van der Waals surface area contributed by atoms with Gasteiger partial charge in [0.15, 0.2) is 0 Å². The van der Waals surface area contributed by atoms with Crippen LogP contribution in [0, 0.1) is 0 Å². The molecule has 142 valence electrons. The fourth-order valence-corrected chi connectivity index (χ4v) is 5.68. The van der Waals surface area contributed by atoms with Gasteiger partial charge in [0.05, 0.1) is 33.0 Å². The van der Waals surface area contributed by atoms with Crippen LogP contribution in [-0.2, 0) is 0 Å². The standard InChI is InChI=1S/C20H16N2O4S2/c1-11(21-17(23)13-7-3-4-8-14(13)18(21)24)27-28-12(2)22-19(25)15-9-5-6-10-16(15)20(22)26/h3-12H,1-2H3. The average molecular weight is 412 g/mol. The minimum atomic E-state index is -0.449. The molecular formula is C20H16N2O4S2. The Morgan fingerprint density at radius 3 is 1.07 bits per heavy atom. The normalized spacial score (nSPS) is 17.8. The van der Waals surface area contributed by atoms with E-state index in [0.717, 1.165) is 0 Å². The number of benzene rings is 2. The van der Waals surface area contributed by atoms with Crippen LogP contribution in [0.2, 0.25) is 0 Å². The van der Waals surface area contributed by atoms with Gasteiger partial charge in [0.2, 0.25) is 0 Å². The highest BCUT2D eigenvalue weighted by Gasteiger charge is 2.41. The molecule has 0 spiro atoms. The number of fused-ring (bicyclic) bond motifs is 2. The molecule has 2 heterocycles. The second kappa shape index (κ2) is 7.10. The van der Waals surface area contributed by atoms with Crippen molar-refractivity contribution < 1.29 is 19.2 Å². The zero-order valence-electron chi connectivity index (χ0n) is 15.1. The van der Waals surface area contributed by atoms with E-state index < -0.39 is 10.7 Å². The lowest BCUT2D eigenvalue weighted by Crippen LogP contribution is -2.37. The molecule has 6 nitrogen and oxygen atoms in total. The highest BCUT2D eigenvalue weighted by Crippen LogP contribution is 2.39. The van der Waals surface area contributed by atoms with Crippen LogP contribution in [-0.4, -0.2) is 44.2 Å². The van der Waals surface area contributed by atoms with E-state index in [1.165, 1.54) is 31.4 Å². The molecule has 0 aliphatic carbocycles. The van der Waals surface area contributed by atoms with Crippen molar-refractivity contribution in [1.82, 2.24) is 9.80 Å². The zero-order chi connectivity index (χ0) is 20.0. The van der Waals surface area contributed by atoms with Crippen molar-refractivity contribution in [1.29, 1.82) is 0 Å². The van der Waals surface area contributed by atoms with E-state index >= 15 is 0 Å². The second-order valence-corrected chi connectivity index (χ2v) is 9.35. The van der Waals surface area contributed by atoms with Crippen molar-refractivity contribution >= 4 is 45.2 Å². The Hall–Kier alpha value is -2.58. The van der Waals surface area contributed by atoms with Gasteiger partial charge in [-0.05, 0) is 38.1 Å². The molecule has 0 saturated carbocycles. The van der Waals surface area contributed by atoms with Crippen LogP contribution < -0.4 is 0 Å². The van der Waals surface area contributed by atoms with Crippen molar-refractivity contribution in [3.63, 3.8) is 0 Å². The lowest BCUT2D eigenvalue weighted by atomic mass is 10.1. The maximum Gasteiger partial charge on any atom is 0.262 e. The fraction of sp³-hybridized carbons (Fsp3) is 0.200. The smallest absolute Gasteiger partial charge is 0.262 e. The molecule has 4 amide bonds. The summed E-state index contributed by atoms with van der Waals surface area (Å²) in [6, 6.07) is 13.5. The van der Waals surface area contributed by atoms with E-state index in [1.807, 2.05) is 0 Å². The van der Waals surface area contributed by atoms with E-state index in [1.54, 1.807) is 62.4 Å². The summed E-state index contributed by atoms with van der Waals surface area (Å²) in [5.41, 5.74) is 1.60. The van der Waals surface area contributed by atoms with E-state index in [-0.39, 0.29) is 23.6 Å². The summed E-state index contributed by atoms with van der Waals surface area (Å²) in [6.45, 7) is 3.52. The first-order valence-corrected chi connectivity index (χ1v) is 11.0. The summed E-state index contributed by atoms with van der Waals surface area (Å²) >= 11 is 0. The predicted molar refractivity (Wildman–Crippen MR) is 108 cm³/mol. The fourth-order valence-electron chi connectivity index (χ4n) is 3.32. The number of carbonyl (C=O) groups excluding carboxylic acids is 4. The van der Waals surface area contributed by atoms with Crippen molar-refractivity contribution in [2.45, 2.75) is 24.6 Å². The van der Waals surface area contributed by atoms with E-state index in [4.69, 9.17) is 0 Å². The SMILES string of the molecule is CC(SSC(C)N1C(=O)c2ccccc2C1=O)N1C(=O)c2ccccc2C1=O. The first kappa shape index (κ1) is 18.8. The topological polar surface area (TPSA) is 74.8 Å². The van der Waals surface area contributed by atoms with Crippen LogP contribution in [0.15, 0.2) is 48.5 Å². The molecule has 0 saturated heterocycles. The van der Waals surface area contributed by atoms with Crippen molar-refractivity contribution in [2.75, 3.05) is 0 Å². The number of nitrogens with zero attached hydrogens (tertiary/aromatic N) is 2. The Balaban J connectivity index is 1.44. The molecule has 8 heteroatoms. The Morgan fingerprint density at radius 1 is 0.571 bits per heavy atom. The van der Waals surface area contributed by atoms with Crippen LogP contribution >= 0.6 is 21.6 Å². The highest BCUT2D eigenvalue weighted by atomic mass is 33.1. The molecule has 0 N–H and O–H groups in total. The van der Waals surface area contributed by atoms with Crippen molar-refractivity contribution in [3.8, 4) is 0 Å². The highest BCUT2D eigenvalue weighted by molar-refractivity contribution is 8.77. The summed E-state index contributed by atoms with van der Waals surface area (Å²) in [5, 5.41) is -0.898. The molecule has 2 atom stereocenters. The van der Waals surface area contributed by atoms with Gasteiger partial charge >= 0.3 is 0 Å². The van der Waals surface area contributed by atoms with Gasteiger partial charge in [0.25, 0.3) is 23.6 Å². The first-order chi connectivity index (χ1) is 13.4. The summed E-state index contributed by atoms with van der Waals surface area (Å²) in [4.78, 5) is 52.7. The summed E-state index contributed by atoms with van der Waals surface area (Å²) in [7, 11) is 2.57. The first-order valence-electron chi connectivity index (χ1n) is 8.67. The third-order valence-electron chi connectivity index (χ3n) is 4.71. The van der Waals surface area contributed by atoms with Gasteiger partial charge in [-0.25, -0.2) is 0 Å². The average Bonchev–Trinajstić information content (AvgIpc) is 3.11. The van der Waals surface area contributed by atoms with Gasteiger partial charge in [0, 0.05) is 0 Å². The van der Waals surface area contributed by atoms with Crippen molar-refractivity contribution in [2.24, 2.45) is 0 Å². The van der Waals surface area contributed by atoms with Gasteiger partial charge in [0.1, 0.15) is 0 Å². The van der Waals surface area contributed by atoms with Gasteiger partial charge < -0.3 is 0 Å². The second-order valence-electron chi connectivity index (χ2n) is 6.44. The van der Waals surface area contributed by atoms with Gasteiger partial charge in [-0.2, -0.15) is 0 Å². The molecule has 0 aromatic heterocycles. The van der Waals surface area contributed by atoms with Crippen LogP contribution in [0.1, 0.15) is 55.3 Å². The summed E-state index contributed by atoms with van der Waals surface area (Å²) in [6.07, 6.45) is 0. The van der Waals surface area contributed by atoms with E-state index in [0.29, 0.717) is 22.3 Å². The Labute approximate surface area is 169 Å². The minimum absolute atomic E-state index is 0.324. The molecule has 2 aromatic rings. The molecule has 2 aliphatic heterocycles. The molecule has 28 heavy (non-hydrogen) atoms. The number of rotatable bonds is 5. The zero-order valence-corrected chi connectivity index (χ0v) is 16.8. The number of carbonyl (C=O) groups is 4. The Morgan fingerprint density at radius 2 is 0.821 bits per heavy atom. The molecule has 2 aromatic carbocycles. The molecule has 0 fully saturated rings. The monoisotopic (exact) mass is 412 g/mol. The Bertz CT molecular complexity index is 871. The number of hydrogen-bond acceptors (Lipinski definition) is 6. The molecule has 2 unspecified atom stereocenters. The van der Waals surface area contributed by atoms with Crippen LogP contribution in [0.3, 0.4) is 0 Å². The number of hydrogen-bond donors (Lipinski definition) is 0. The van der Waals surface area contributed by atoms with Gasteiger partial charge in [-0.15, -0.1) is 0 Å². The largest absolute Gasteiger partial charge is 0.269 e. The van der Waals surface area contributed by atoms with Crippen LogP contribution in [0.25, 0.3) is 0 Å². The minimum Gasteiger partial charge on any atom is -0.269 e. The molecule has 2 aliphatic rings. The van der Waals surface area contributed by atoms with E-state index in [9.17, 15) is 19.2 Å². The van der Waals surface area contributed by atoms with Crippen molar-refractivity contribution in [3.05, 3.63) is 70.8 Å². The van der Waals surface area contributed by atoms with Gasteiger partial charge in [-0.3, -0.25) is 29.0 Å². The molecule has 0 radical (unpaired) electrons. The van der Waals surface area contributed by atoms with Crippen LogP contribution in [0.5, 0.6) is 0 Å². The lowest BCUT2D eigenvalue weighted by molar-refractivity contribution is 0.0628. The number of amides is 4. The predicted octanol–water partition coefficient (Wildman–Crippen LogP) is 3.65. The maximum atomic E-state index is 12.6. The third-order valence-corrected chi connectivity index (χ3v) is 7.81. The quantitative estimate of drug-likeness (QED) is 0.551. The summed E-state index contributed by atoms with van der Waals surface area (Å²) in [5.74, 6) is -1.30. The third kappa shape index (κ3) is 2.84. The Kier molecular flexibility index (Phi) is 4.76. The molecule has 4 rings (SSSR count).